The smallest absolute Gasteiger partial charge is 0.261 e. The zero-order valence-electron chi connectivity index (χ0n) is 15.9. The van der Waals surface area contributed by atoms with Crippen molar-refractivity contribution < 1.29 is 9.32 Å². The average Bonchev–Trinajstić information content (AvgIpc) is 3.38. The summed E-state index contributed by atoms with van der Waals surface area (Å²) in [4.78, 5) is 23.7. The Morgan fingerprint density at radius 2 is 2.21 bits per heavy atom. The van der Waals surface area contributed by atoms with E-state index in [2.05, 4.69) is 20.2 Å². The van der Waals surface area contributed by atoms with Gasteiger partial charge >= 0.3 is 0 Å². The summed E-state index contributed by atoms with van der Waals surface area (Å²) in [7, 11) is 1.84. The third kappa shape index (κ3) is 4.04. The summed E-state index contributed by atoms with van der Waals surface area (Å²) >= 11 is 1.57. The molecule has 28 heavy (non-hydrogen) atoms. The molecule has 0 aromatic carbocycles. The minimum absolute atomic E-state index is 0.0507. The minimum atomic E-state index is -0.189. The number of hydrogen-bond donors (Lipinski definition) is 0. The maximum atomic E-state index is 12.9. The Morgan fingerprint density at radius 3 is 2.96 bits per heavy atom. The first-order valence-electron chi connectivity index (χ1n) is 9.33. The number of carbonyl (C=O) groups excluding carboxylic acids is 1. The Hall–Kier alpha value is -2.81. The van der Waals surface area contributed by atoms with E-state index in [1.165, 1.54) is 0 Å². The van der Waals surface area contributed by atoms with Gasteiger partial charge in [0.05, 0.1) is 28.5 Å². The maximum Gasteiger partial charge on any atom is 0.261 e. The number of carbonyl (C=O) groups is 1. The molecule has 1 fully saturated rings. The molecule has 1 atom stereocenters. The number of amides is 1. The first-order valence-corrected chi connectivity index (χ1v) is 10.2. The third-order valence-corrected chi connectivity index (χ3v) is 5.55. The highest BCUT2D eigenvalue weighted by molar-refractivity contribution is 7.09. The summed E-state index contributed by atoms with van der Waals surface area (Å²) < 4.78 is 7.13. The number of thiazole rings is 1. The number of rotatable bonds is 4. The molecule has 0 saturated carbocycles. The van der Waals surface area contributed by atoms with E-state index in [0.29, 0.717) is 18.3 Å². The van der Waals surface area contributed by atoms with Gasteiger partial charge in [-0.25, -0.2) is 4.98 Å². The third-order valence-electron chi connectivity index (χ3n) is 4.76. The molecule has 1 aliphatic rings. The zero-order chi connectivity index (χ0) is 19.5. The number of hydrogen-bond acceptors (Lipinski definition) is 7. The van der Waals surface area contributed by atoms with Gasteiger partial charge in [-0.2, -0.15) is 10.1 Å². The molecular formula is C19H22N6O2S. The van der Waals surface area contributed by atoms with Crippen LogP contribution in [0.4, 0.5) is 0 Å². The van der Waals surface area contributed by atoms with Crippen molar-refractivity contribution in [1.29, 1.82) is 0 Å². The molecule has 8 nitrogen and oxygen atoms in total. The van der Waals surface area contributed by atoms with Gasteiger partial charge in [0.25, 0.3) is 5.89 Å². The molecule has 1 saturated heterocycles. The second kappa shape index (κ2) is 8.05. The molecule has 1 aliphatic heterocycles. The van der Waals surface area contributed by atoms with Crippen LogP contribution in [0.25, 0.3) is 17.5 Å². The quantitative estimate of drug-likeness (QED) is 0.626. The summed E-state index contributed by atoms with van der Waals surface area (Å²) in [6, 6.07) is -0.189. The standard InChI is InChI=1S/C19H22N6O2S/c1-13-21-15(12-28-13)7-8-17(26)25-9-5-3-4-6-16(25)18-22-19(27-23-18)14-10-20-24(2)11-14/h7-8,10-12,16H,3-6,9H2,1-2H3. The van der Waals surface area contributed by atoms with Gasteiger partial charge in [-0.3, -0.25) is 9.48 Å². The fraction of sp³-hybridized carbons (Fsp3) is 0.421. The summed E-state index contributed by atoms with van der Waals surface area (Å²) in [5, 5.41) is 11.2. The number of nitrogens with zero attached hydrogens (tertiary/aromatic N) is 6. The van der Waals surface area contributed by atoms with Crippen LogP contribution in [-0.4, -0.2) is 42.3 Å². The van der Waals surface area contributed by atoms with Crippen molar-refractivity contribution in [2.45, 2.75) is 38.6 Å². The van der Waals surface area contributed by atoms with Crippen LogP contribution in [0.5, 0.6) is 0 Å². The molecule has 9 heteroatoms. The van der Waals surface area contributed by atoms with E-state index in [1.807, 2.05) is 30.4 Å². The molecule has 4 heterocycles. The van der Waals surface area contributed by atoms with E-state index in [1.54, 1.807) is 34.4 Å². The predicted octanol–water partition coefficient (Wildman–Crippen LogP) is 3.39. The van der Waals surface area contributed by atoms with Crippen molar-refractivity contribution in [3.63, 3.8) is 0 Å². The van der Waals surface area contributed by atoms with E-state index >= 15 is 0 Å². The van der Waals surface area contributed by atoms with E-state index in [4.69, 9.17) is 4.52 Å². The Labute approximate surface area is 166 Å². The first-order chi connectivity index (χ1) is 13.6. The molecule has 0 radical (unpaired) electrons. The average molecular weight is 398 g/mol. The molecule has 4 rings (SSSR count). The van der Waals surface area contributed by atoms with Gasteiger partial charge in [0.15, 0.2) is 5.82 Å². The fourth-order valence-corrected chi connectivity index (χ4v) is 3.95. The predicted molar refractivity (Wildman–Crippen MR) is 105 cm³/mol. The van der Waals surface area contributed by atoms with Crippen molar-refractivity contribution in [3.05, 3.63) is 40.4 Å². The monoisotopic (exact) mass is 398 g/mol. The van der Waals surface area contributed by atoms with E-state index < -0.39 is 0 Å². The van der Waals surface area contributed by atoms with Crippen molar-refractivity contribution in [1.82, 2.24) is 29.8 Å². The molecule has 0 bridgehead atoms. The molecule has 1 amide bonds. The van der Waals surface area contributed by atoms with Crippen LogP contribution >= 0.6 is 11.3 Å². The Balaban J connectivity index is 1.56. The van der Waals surface area contributed by atoms with Crippen LogP contribution in [-0.2, 0) is 11.8 Å². The van der Waals surface area contributed by atoms with Gasteiger partial charge in [-0.1, -0.05) is 18.0 Å². The van der Waals surface area contributed by atoms with Gasteiger partial charge in [-0.05, 0) is 25.8 Å². The Morgan fingerprint density at radius 1 is 1.32 bits per heavy atom. The lowest BCUT2D eigenvalue weighted by Crippen LogP contribution is -2.34. The van der Waals surface area contributed by atoms with Gasteiger partial charge in [0.2, 0.25) is 5.91 Å². The van der Waals surface area contributed by atoms with Crippen LogP contribution in [0.3, 0.4) is 0 Å². The highest BCUT2D eigenvalue weighted by Crippen LogP contribution is 2.30. The SMILES string of the molecule is Cc1nc(C=CC(=O)N2CCCCCC2c2noc(-c3cnn(C)c3)n2)cs1. The van der Waals surface area contributed by atoms with Gasteiger partial charge in [0.1, 0.15) is 0 Å². The molecule has 0 spiro atoms. The molecule has 3 aromatic rings. The van der Waals surface area contributed by atoms with E-state index in [0.717, 1.165) is 41.9 Å². The van der Waals surface area contributed by atoms with Gasteiger partial charge < -0.3 is 9.42 Å². The minimum Gasteiger partial charge on any atom is -0.334 e. The van der Waals surface area contributed by atoms with Crippen LogP contribution in [0.15, 0.2) is 28.4 Å². The van der Waals surface area contributed by atoms with Crippen molar-refractivity contribution in [2.75, 3.05) is 6.54 Å². The highest BCUT2D eigenvalue weighted by Gasteiger charge is 2.29. The highest BCUT2D eigenvalue weighted by atomic mass is 32.1. The number of aryl methyl sites for hydroxylation is 2. The van der Waals surface area contributed by atoms with Crippen molar-refractivity contribution >= 4 is 23.3 Å². The van der Waals surface area contributed by atoms with E-state index in [-0.39, 0.29) is 11.9 Å². The molecular weight excluding hydrogens is 376 g/mol. The Bertz CT molecular complexity index is 988. The fourth-order valence-electron chi connectivity index (χ4n) is 3.37. The summed E-state index contributed by atoms with van der Waals surface area (Å²) in [6.45, 7) is 2.63. The summed E-state index contributed by atoms with van der Waals surface area (Å²) in [5.41, 5.74) is 1.58. The lowest BCUT2D eigenvalue weighted by Gasteiger charge is -2.26. The van der Waals surface area contributed by atoms with Crippen LogP contribution in [0.2, 0.25) is 0 Å². The molecule has 0 N–H and O–H groups in total. The van der Waals surface area contributed by atoms with Crippen molar-refractivity contribution in [3.8, 4) is 11.5 Å². The topological polar surface area (TPSA) is 89.9 Å². The van der Waals surface area contributed by atoms with Crippen molar-refractivity contribution in [2.24, 2.45) is 7.05 Å². The Kier molecular flexibility index (Phi) is 5.34. The molecule has 3 aromatic heterocycles. The van der Waals surface area contributed by atoms with Crippen LogP contribution in [0, 0.1) is 6.92 Å². The number of likely N-dealkylation sites (tertiary alicyclic amines) is 1. The number of aromatic nitrogens is 5. The van der Waals surface area contributed by atoms with Gasteiger partial charge in [-0.15, -0.1) is 11.3 Å². The summed E-state index contributed by atoms with van der Waals surface area (Å²) in [6.07, 6.45) is 10.8. The lowest BCUT2D eigenvalue weighted by molar-refractivity contribution is -0.128. The summed E-state index contributed by atoms with van der Waals surface area (Å²) in [5.74, 6) is 0.922. The lowest BCUT2D eigenvalue weighted by atomic mass is 10.1. The van der Waals surface area contributed by atoms with Crippen LogP contribution in [0.1, 0.15) is 48.3 Å². The van der Waals surface area contributed by atoms with E-state index in [9.17, 15) is 4.79 Å². The molecule has 146 valence electrons. The van der Waals surface area contributed by atoms with Gasteiger partial charge in [0, 0.05) is 31.2 Å². The molecule has 0 aliphatic carbocycles. The maximum absolute atomic E-state index is 12.9. The first kappa shape index (κ1) is 18.5. The zero-order valence-corrected chi connectivity index (χ0v) is 16.7. The largest absolute Gasteiger partial charge is 0.334 e. The van der Waals surface area contributed by atoms with Crippen LogP contribution < -0.4 is 0 Å². The second-order valence-corrected chi connectivity index (χ2v) is 7.94. The second-order valence-electron chi connectivity index (χ2n) is 6.88. The molecule has 1 unspecified atom stereocenters. The normalized spacial score (nSPS) is 17.9.